The third-order valence-corrected chi connectivity index (χ3v) is 4.65. The van der Waals surface area contributed by atoms with E-state index in [1.807, 2.05) is 16.7 Å². The van der Waals surface area contributed by atoms with Crippen molar-refractivity contribution in [3.63, 3.8) is 0 Å². The van der Waals surface area contributed by atoms with Crippen LogP contribution in [0.15, 0.2) is 30.6 Å². The molecule has 2 saturated heterocycles. The van der Waals surface area contributed by atoms with Crippen molar-refractivity contribution in [1.29, 1.82) is 5.26 Å². The van der Waals surface area contributed by atoms with Gasteiger partial charge in [0.1, 0.15) is 6.07 Å². The van der Waals surface area contributed by atoms with E-state index >= 15 is 0 Å². The highest BCUT2D eigenvalue weighted by Gasteiger charge is 2.39. The molecule has 0 aromatic carbocycles. The van der Waals surface area contributed by atoms with Gasteiger partial charge in [0, 0.05) is 30.5 Å². The maximum absolute atomic E-state index is 12.4. The molecule has 4 heterocycles. The summed E-state index contributed by atoms with van der Waals surface area (Å²) in [6.07, 6.45) is 7.00. The number of hydrogen-bond donors (Lipinski definition) is 2. The van der Waals surface area contributed by atoms with Crippen LogP contribution < -0.4 is 10.6 Å². The van der Waals surface area contributed by atoms with Crippen molar-refractivity contribution in [3.05, 3.63) is 41.7 Å². The van der Waals surface area contributed by atoms with Crippen LogP contribution in [0.25, 0.3) is 5.52 Å². The van der Waals surface area contributed by atoms with Crippen molar-refractivity contribution in [2.75, 3.05) is 0 Å². The van der Waals surface area contributed by atoms with Crippen LogP contribution in [-0.2, 0) is 0 Å². The van der Waals surface area contributed by atoms with E-state index in [0.29, 0.717) is 23.2 Å². The summed E-state index contributed by atoms with van der Waals surface area (Å²) < 4.78 is 1.83. The summed E-state index contributed by atoms with van der Waals surface area (Å²) in [6, 6.07) is 8.76. The van der Waals surface area contributed by atoms with Crippen LogP contribution in [0.3, 0.4) is 0 Å². The highest BCUT2D eigenvalue weighted by molar-refractivity contribution is 5.94. The van der Waals surface area contributed by atoms with Gasteiger partial charge in [0.15, 0.2) is 0 Å². The molecule has 2 N–H and O–H groups in total. The fraction of sp³-hybridized carbons (Fsp3) is 0.375. The lowest BCUT2D eigenvalue weighted by Crippen LogP contribution is -2.42. The first-order valence-corrected chi connectivity index (χ1v) is 7.32. The molecule has 2 fully saturated rings. The summed E-state index contributed by atoms with van der Waals surface area (Å²) in [4.78, 5) is 12.4. The number of carbonyl (C=O) groups is 1. The Labute approximate surface area is 122 Å². The summed E-state index contributed by atoms with van der Waals surface area (Å²) >= 11 is 0. The zero-order valence-electron chi connectivity index (χ0n) is 11.5. The molecule has 2 aromatic rings. The van der Waals surface area contributed by atoms with E-state index in [1.165, 1.54) is 6.42 Å². The molecule has 21 heavy (non-hydrogen) atoms. The molecular weight excluding hydrogens is 264 g/mol. The Morgan fingerprint density at radius 3 is 3.00 bits per heavy atom. The molecule has 3 atom stereocenters. The summed E-state index contributed by atoms with van der Waals surface area (Å²) in [6.45, 7) is 0. The second-order valence-electron chi connectivity index (χ2n) is 5.91. The van der Waals surface area contributed by atoms with Crippen LogP contribution in [0, 0.1) is 11.3 Å². The summed E-state index contributed by atoms with van der Waals surface area (Å²) in [5.41, 5.74) is 2.08. The average Bonchev–Trinajstić information content (AvgIpc) is 3.21. The Hall–Kier alpha value is -2.32. The van der Waals surface area contributed by atoms with Crippen LogP contribution in [0.4, 0.5) is 0 Å². The third-order valence-electron chi connectivity index (χ3n) is 4.65. The average molecular weight is 280 g/mol. The van der Waals surface area contributed by atoms with Crippen LogP contribution in [0.1, 0.15) is 35.2 Å². The normalized spacial score (nSPS) is 26.9. The van der Waals surface area contributed by atoms with Crippen LogP contribution in [0.2, 0.25) is 0 Å². The fourth-order valence-electron chi connectivity index (χ4n) is 3.57. The van der Waals surface area contributed by atoms with E-state index in [2.05, 4.69) is 16.7 Å². The van der Waals surface area contributed by atoms with Gasteiger partial charge in [0.2, 0.25) is 0 Å². The molecule has 106 valence electrons. The van der Waals surface area contributed by atoms with E-state index in [9.17, 15) is 4.79 Å². The molecule has 0 aliphatic carbocycles. The van der Waals surface area contributed by atoms with Gasteiger partial charge in [-0.3, -0.25) is 4.79 Å². The minimum absolute atomic E-state index is 0.0385. The van der Waals surface area contributed by atoms with Gasteiger partial charge in [-0.1, -0.05) is 0 Å². The highest BCUT2D eigenvalue weighted by atomic mass is 16.1. The molecule has 2 bridgehead atoms. The fourth-order valence-corrected chi connectivity index (χ4v) is 3.57. The van der Waals surface area contributed by atoms with E-state index in [0.717, 1.165) is 18.4 Å². The number of rotatable bonds is 2. The molecule has 2 aliphatic heterocycles. The standard InChI is InChI=1S/C16H16N4O/c17-8-10-5-6-20-9-11(1-4-15(10)20)16(21)19-14-7-12-2-3-13(14)18-12/h1,4-6,9,12-14,18H,2-3,7H2,(H,19,21)/t12-,13+,14-/m1/s1. The first kappa shape index (κ1) is 12.4. The number of aromatic nitrogens is 1. The Morgan fingerprint density at radius 1 is 1.38 bits per heavy atom. The number of nitrogens with one attached hydrogen (secondary N) is 2. The van der Waals surface area contributed by atoms with Gasteiger partial charge < -0.3 is 15.0 Å². The minimum atomic E-state index is -0.0385. The quantitative estimate of drug-likeness (QED) is 0.874. The number of nitrogens with zero attached hydrogens (tertiary/aromatic N) is 2. The molecule has 0 spiro atoms. The Bertz CT molecular complexity index is 757. The highest BCUT2D eigenvalue weighted by Crippen LogP contribution is 2.28. The number of carbonyl (C=O) groups excluding carboxylic acids is 1. The lowest BCUT2D eigenvalue weighted by molar-refractivity contribution is 0.0930. The van der Waals surface area contributed by atoms with E-state index in [4.69, 9.17) is 5.26 Å². The Balaban J connectivity index is 1.55. The molecule has 1 amide bonds. The van der Waals surface area contributed by atoms with Gasteiger partial charge in [0.05, 0.1) is 16.6 Å². The molecule has 5 heteroatoms. The summed E-state index contributed by atoms with van der Waals surface area (Å²) in [7, 11) is 0. The molecular formula is C16H16N4O. The Morgan fingerprint density at radius 2 is 2.29 bits per heavy atom. The predicted octanol–water partition coefficient (Wildman–Crippen LogP) is 1.43. The van der Waals surface area contributed by atoms with Crippen molar-refractivity contribution >= 4 is 11.4 Å². The van der Waals surface area contributed by atoms with Crippen molar-refractivity contribution in [1.82, 2.24) is 15.0 Å². The second kappa shape index (κ2) is 4.61. The monoisotopic (exact) mass is 280 g/mol. The maximum atomic E-state index is 12.4. The van der Waals surface area contributed by atoms with Gasteiger partial charge in [-0.25, -0.2) is 0 Å². The molecule has 4 rings (SSSR count). The zero-order chi connectivity index (χ0) is 14.4. The largest absolute Gasteiger partial charge is 0.348 e. The van der Waals surface area contributed by atoms with Gasteiger partial charge >= 0.3 is 0 Å². The van der Waals surface area contributed by atoms with Crippen LogP contribution in [0.5, 0.6) is 0 Å². The molecule has 2 aliphatic rings. The minimum Gasteiger partial charge on any atom is -0.348 e. The number of fused-ring (bicyclic) bond motifs is 3. The predicted molar refractivity (Wildman–Crippen MR) is 77.9 cm³/mol. The third kappa shape index (κ3) is 1.99. The van der Waals surface area contributed by atoms with Crippen LogP contribution >= 0.6 is 0 Å². The molecule has 0 radical (unpaired) electrons. The first-order valence-electron chi connectivity index (χ1n) is 7.32. The lowest BCUT2D eigenvalue weighted by Gasteiger charge is -2.21. The van der Waals surface area contributed by atoms with Gasteiger partial charge in [-0.2, -0.15) is 5.26 Å². The van der Waals surface area contributed by atoms with E-state index < -0.39 is 0 Å². The molecule has 0 unspecified atom stereocenters. The smallest absolute Gasteiger partial charge is 0.253 e. The van der Waals surface area contributed by atoms with E-state index in [1.54, 1.807) is 18.3 Å². The topological polar surface area (TPSA) is 69.3 Å². The summed E-state index contributed by atoms with van der Waals surface area (Å²) in [5.74, 6) is -0.0385. The number of nitriles is 1. The molecule has 0 saturated carbocycles. The summed E-state index contributed by atoms with van der Waals surface area (Å²) in [5, 5.41) is 15.7. The number of amides is 1. The molecule has 5 nitrogen and oxygen atoms in total. The number of pyridine rings is 1. The first-order chi connectivity index (χ1) is 10.2. The molecule has 2 aromatic heterocycles. The Kier molecular flexibility index (Phi) is 2.72. The zero-order valence-corrected chi connectivity index (χ0v) is 11.5. The van der Waals surface area contributed by atoms with Crippen LogP contribution in [-0.4, -0.2) is 28.4 Å². The SMILES string of the molecule is N#Cc1ccn2cc(C(=O)N[C@@H]3C[C@H]4CC[C@@H]3N4)ccc12. The van der Waals surface area contributed by atoms with E-state index in [-0.39, 0.29) is 11.9 Å². The van der Waals surface area contributed by atoms with Gasteiger partial charge in [0.25, 0.3) is 5.91 Å². The van der Waals surface area contributed by atoms with Crippen molar-refractivity contribution < 1.29 is 4.79 Å². The van der Waals surface area contributed by atoms with Gasteiger partial charge in [-0.15, -0.1) is 0 Å². The van der Waals surface area contributed by atoms with Crippen molar-refractivity contribution in [3.8, 4) is 6.07 Å². The van der Waals surface area contributed by atoms with Crippen molar-refractivity contribution in [2.24, 2.45) is 0 Å². The van der Waals surface area contributed by atoms with Gasteiger partial charge in [-0.05, 0) is 37.5 Å². The second-order valence-corrected chi connectivity index (χ2v) is 5.91. The number of hydrogen-bond acceptors (Lipinski definition) is 3. The van der Waals surface area contributed by atoms with Crippen molar-refractivity contribution in [2.45, 2.75) is 37.4 Å². The lowest BCUT2D eigenvalue weighted by atomic mass is 9.95. The maximum Gasteiger partial charge on any atom is 0.253 e.